The second-order valence-corrected chi connectivity index (χ2v) is 6.22. The average molecular weight is 312 g/mol. The largest absolute Gasteiger partial charge is 0.452 e. The summed E-state index contributed by atoms with van der Waals surface area (Å²) in [5, 5.41) is 3.50. The molecule has 1 spiro atoms. The fraction of sp³-hybridized carbons (Fsp3) is 0.412. The zero-order chi connectivity index (χ0) is 16.0. The summed E-state index contributed by atoms with van der Waals surface area (Å²) < 4.78 is 4.88. The molecule has 1 amide bonds. The lowest BCUT2D eigenvalue weighted by molar-refractivity contribution is 0.179. The number of amides is 1. The van der Waals surface area contributed by atoms with Gasteiger partial charge >= 0.3 is 6.09 Å². The molecule has 120 valence electrons. The number of imidazole rings is 1. The van der Waals surface area contributed by atoms with Crippen LogP contribution in [-0.2, 0) is 10.2 Å². The highest BCUT2D eigenvalue weighted by molar-refractivity contribution is 5.88. The van der Waals surface area contributed by atoms with Gasteiger partial charge in [-0.05, 0) is 37.1 Å². The summed E-state index contributed by atoms with van der Waals surface area (Å²) in [6, 6.07) is 6.17. The highest BCUT2D eigenvalue weighted by Gasteiger charge is 2.59. The van der Waals surface area contributed by atoms with Crippen LogP contribution in [0.4, 0.5) is 16.2 Å². The van der Waals surface area contributed by atoms with E-state index >= 15 is 0 Å². The van der Waals surface area contributed by atoms with Gasteiger partial charge in [0.15, 0.2) is 0 Å². The van der Waals surface area contributed by atoms with Gasteiger partial charge in [-0.1, -0.05) is 0 Å². The number of carbonyl (C=O) groups excluding carboxylic acids is 1. The molecular weight excluding hydrogens is 292 g/mol. The van der Waals surface area contributed by atoms with Gasteiger partial charge in [0, 0.05) is 47.7 Å². The predicted molar refractivity (Wildman–Crippen MR) is 88.0 cm³/mol. The minimum Gasteiger partial charge on any atom is -0.452 e. The number of benzene rings is 1. The maximum absolute atomic E-state index is 11.9. The first kappa shape index (κ1) is 14.1. The van der Waals surface area contributed by atoms with Crippen LogP contribution in [0.1, 0.15) is 30.5 Å². The second-order valence-electron chi connectivity index (χ2n) is 6.22. The SMILES string of the molecule is CCN(C(=O)OC)c1ccc2c(c1)C1(CN2)CC1c1cnc[nH]1. The Morgan fingerprint density at radius 1 is 1.52 bits per heavy atom. The Labute approximate surface area is 134 Å². The Morgan fingerprint density at radius 2 is 2.39 bits per heavy atom. The zero-order valence-electron chi connectivity index (χ0n) is 13.3. The van der Waals surface area contributed by atoms with E-state index in [9.17, 15) is 4.79 Å². The zero-order valence-corrected chi connectivity index (χ0v) is 13.3. The fourth-order valence-electron chi connectivity index (χ4n) is 3.80. The van der Waals surface area contributed by atoms with Crippen LogP contribution in [0.2, 0.25) is 0 Å². The van der Waals surface area contributed by atoms with Crippen LogP contribution in [0, 0.1) is 0 Å². The van der Waals surface area contributed by atoms with Gasteiger partial charge in [-0.25, -0.2) is 9.78 Å². The summed E-state index contributed by atoms with van der Waals surface area (Å²) in [6.07, 6.45) is 4.42. The van der Waals surface area contributed by atoms with Crippen LogP contribution in [0.15, 0.2) is 30.7 Å². The lowest BCUT2D eigenvalue weighted by atomic mass is 9.94. The smallest absolute Gasteiger partial charge is 0.413 e. The number of nitrogens with zero attached hydrogens (tertiary/aromatic N) is 2. The standard InChI is InChI=1S/C17H20N4O2/c1-3-21(16(22)23-2)11-4-5-14-12(6-11)17(9-19-14)7-13(17)15-8-18-10-20-15/h4-6,8,10,13,19H,3,7,9H2,1-2H3,(H,18,20). The van der Waals surface area contributed by atoms with E-state index in [0.29, 0.717) is 12.5 Å². The van der Waals surface area contributed by atoms with Crippen molar-refractivity contribution in [3.8, 4) is 0 Å². The van der Waals surface area contributed by atoms with Crippen LogP contribution >= 0.6 is 0 Å². The fourth-order valence-corrected chi connectivity index (χ4v) is 3.80. The van der Waals surface area contributed by atoms with Crippen molar-refractivity contribution >= 4 is 17.5 Å². The van der Waals surface area contributed by atoms with E-state index in [0.717, 1.165) is 24.3 Å². The highest BCUT2D eigenvalue weighted by Crippen LogP contribution is 2.64. The Bertz CT molecular complexity index is 743. The molecule has 1 aromatic carbocycles. The van der Waals surface area contributed by atoms with Gasteiger partial charge in [0.05, 0.1) is 13.4 Å². The van der Waals surface area contributed by atoms with Crippen molar-refractivity contribution in [1.82, 2.24) is 9.97 Å². The van der Waals surface area contributed by atoms with Crippen molar-refractivity contribution in [3.63, 3.8) is 0 Å². The maximum atomic E-state index is 11.9. The van der Waals surface area contributed by atoms with Crippen LogP contribution in [-0.4, -0.2) is 36.3 Å². The maximum Gasteiger partial charge on any atom is 0.413 e. The molecule has 2 unspecified atom stereocenters. The monoisotopic (exact) mass is 312 g/mol. The van der Waals surface area contributed by atoms with Crippen molar-refractivity contribution in [2.75, 3.05) is 30.4 Å². The molecule has 23 heavy (non-hydrogen) atoms. The van der Waals surface area contributed by atoms with Gasteiger partial charge in [0.2, 0.25) is 0 Å². The first-order valence-corrected chi connectivity index (χ1v) is 7.92. The summed E-state index contributed by atoms with van der Waals surface area (Å²) >= 11 is 0. The molecule has 0 radical (unpaired) electrons. The van der Waals surface area contributed by atoms with Crippen molar-refractivity contribution in [2.45, 2.75) is 24.7 Å². The van der Waals surface area contributed by atoms with E-state index in [1.54, 1.807) is 11.2 Å². The number of hydrogen-bond donors (Lipinski definition) is 2. The number of hydrogen-bond acceptors (Lipinski definition) is 4. The Balaban J connectivity index is 1.69. The van der Waals surface area contributed by atoms with Gasteiger partial charge in [0.25, 0.3) is 0 Å². The number of nitrogens with one attached hydrogen (secondary N) is 2. The van der Waals surface area contributed by atoms with Gasteiger partial charge in [-0.3, -0.25) is 4.90 Å². The first-order chi connectivity index (χ1) is 11.2. The molecule has 2 aliphatic rings. The summed E-state index contributed by atoms with van der Waals surface area (Å²) in [5.41, 5.74) is 4.64. The van der Waals surface area contributed by atoms with E-state index in [1.165, 1.54) is 18.4 Å². The average Bonchev–Trinajstić information content (AvgIpc) is 2.92. The lowest BCUT2D eigenvalue weighted by Gasteiger charge is -2.21. The Morgan fingerprint density at radius 3 is 3.09 bits per heavy atom. The number of aromatic amines is 1. The summed E-state index contributed by atoms with van der Waals surface area (Å²) in [7, 11) is 1.41. The number of fused-ring (bicyclic) bond motifs is 2. The third kappa shape index (κ3) is 2.01. The molecule has 2 atom stereocenters. The third-order valence-corrected chi connectivity index (χ3v) is 5.13. The normalized spacial score (nSPS) is 24.2. The molecular formula is C17H20N4O2. The lowest BCUT2D eigenvalue weighted by Crippen LogP contribution is -2.30. The molecule has 2 heterocycles. The molecule has 2 aromatic rings. The molecule has 1 saturated carbocycles. The number of carbonyl (C=O) groups is 1. The van der Waals surface area contributed by atoms with E-state index in [1.807, 2.05) is 19.2 Å². The number of ether oxygens (including phenoxy) is 1. The van der Waals surface area contributed by atoms with Crippen molar-refractivity contribution in [2.24, 2.45) is 0 Å². The molecule has 2 N–H and O–H groups in total. The van der Waals surface area contributed by atoms with Crippen LogP contribution in [0.5, 0.6) is 0 Å². The van der Waals surface area contributed by atoms with Crippen LogP contribution in [0.25, 0.3) is 0 Å². The molecule has 1 fully saturated rings. The van der Waals surface area contributed by atoms with Crippen LogP contribution < -0.4 is 10.2 Å². The van der Waals surface area contributed by atoms with Gasteiger partial charge in [0.1, 0.15) is 0 Å². The molecule has 0 saturated heterocycles. The molecule has 4 rings (SSSR count). The van der Waals surface area contributed by atoms with Crippen LogP contribution in [0.3, 0.4) is 0 Å². The van der Waals surface area contributed by atoms with Gasteiger partial charge < -0.3 is 15.0 Å². The number of aromatic nitrogens is 2. The molecule has 1 aromatic heterocycles. The summed E-state index contributed by atoms with van der Waals surface area (Å²) in [5.74, 6) is 0.460. The van der Waals surface area contributed by atoms with Crippen molar-refractivity contribution in [3.05, 3.63) is 42.0 Å². The van der Waals surface area contributed by atoms with E-state index in [4.69, 9.17) is 4.74 Å². The van der Waals surface area contributed by atoms with E-state index in [-0.39, 0.29) is 11.5 Å². The molecule has 0 bridgehead atoms. The Kier molecular flexibility index (Phi) is 3.07. The molecule has 6 heteroatoms. The number of rotatable bonds is 3. The molecule has 1 aliphatic heterocycles. The summed E-state index contributed by atoms with van der Waals surface area (Å²) in [4.78, 5) is 21.0. The molecule has 1 aliphatic carbocycles. The van der Waals surface area contributed by atoms with E-state index < -0.39 is 0 Å². The highest BCUT2D eigenvalue weighted by atomic mass is 16.5. The topological polar surface area (TPSA) is 70.2 Å². The van der Waals surface area contributed by atoms with Crippen molar-refractivity contribution < 1.29 is 9.53 Å². The number of H-pyrrole nitrogens is 1. The summed E-state index contributed by atoms with van der Waals surface area (Å²) in [6.45, 7) is 3.46. The molecule has 6 nitrogen and oxygen atoms in total. The minimum atomic E-state index is -0.326. The Hall–Kier alpha value is -2.50. The third-order valence-electron chi connectivity index (χ3n) is 5.13. The van der Waals surface area contributed by atoms with Gasteiger partial charge in [-0.15, -0.1) is 0 Å². The van der Waals surface area contributed by atoms with Crippen molar-refractivity contribution in [1.29, 1.82) is 0 Å². The number of methoxy groups -OCH3 is 1. The quantitative estimate of drug-likeness (QED) is 0.914. The predicted octanol–water partition coefficient (Wildman–Crippen LogP) is 2.85. The van der Waals surface area contributed by atoms with Gasteiger partial charge in [-0.2, -0.15) is 0 Å². The number of anilines is 2. The first-order valence-electron chi connectivity index (χ1n) is 7.92. The second kappa shape index (κ2) is 5.01. The van der Waals surface area contributed by atoms with E-state index in [2.05, 4.69) is 27.4 Å². The minimum absolute atomic E-state index is 0.118.